The number of fused-ring (bicyclic) bond motifs is 1. The van der Waals surface area contributed by atoms with Gasteiger partial charge in [-0.05, 0) is 55.1 Å². The quantitative estimate of drug-likeness (QED) is 0.784. The minimum Gasteiger partial charge on any atom is -0.245 e. The van der Waals surface area contributed by atoms with Crippen molar-refractivity contribution in [2.24, 2.45) is 0 Å². The molecule has 1 aliphatic rings. The number of hydrogen-bond donors (Lipinski definition) is 0. The molecule has 2 aromatic rings. The van der Waals surface area contributed by atoms with Crippen molar-refractivity contribution in [2.45, 2.75) is 35.7 Å². The maximum atomic E-state index is 9.26. The smallest absolute Gasteiger partial charge is 0.120 e. The third kappa shape index (κ3) is 2.59. The lowest BCUT2D eigenvalue weighted by Crippen LogP contribution is -2.07. The molecule has 3 rings (SSSR count). The first kappa shape index (κ1) is 12.1. The van der Waals surface area contributed by atoms with Crippen molar-refractivity contribution in [1.29, 1.82) is 5.26 Å². The van der Waals surface area contributed by atoms with Gasteiger partial charge in [0.05, 0.1) is 5.56 Å². The molecule has 1 aliphatic carbocycles. The summed E-state index contributed by atoms with van der Waals surface area (Å²) < 4.78 is 0. The van der Waals surface area contributed by atoms with Gasteiger partial charge in [0, 0.05) is 11.9 Å². The average molecular weight is 268 g/mol. The van der Waals surface area contributed by atoms with Crippen LogP contribution in [-0.4, -0.2) is 15.0 Å². The molecule has 0 radical (unpaired) electrons. The van der Waals surface area contributed by atoms with Gasteiger partial charge in [-0.1, -0.05) is 0 Å². The van der Waals surface area contributed by atoms with E-state index in [0.717, 1.165) is 28.6 Å². The van der Waals surface area contributed by atoms with Gasteiger partial charge >= 0.3 is 0 Å². The van der Waals surface area contributed by atoms with Crippen LogP contribution in [0.25, 0.3) is 0 Å². The number of hydrogen-bond acceptors (Lipinski definition) is 5. The number of rotatable bonds is 2. The van der Waals surface area contributed by atoms with E-state index in [1.165, 1.54) is 36.5 Å². The van der Waals surface area contributed by atoms with E-state index in [2.05, 4.69) is 21.0 Å². The Hall–Kier alpha value is -1.93. The second kappa shape index (κ2) is 5.37. The van der Waals surface area contributed by atoms with Crippen LogP contribution in [0.1, 0.15) is 29.7 Å². The number of aryl methyl sites for hydroxylation is 2. The molecule has 0 N–H and O–H groups in total. The molecule has 0 fully saturated rings. The third-order valence-corrected chi connectivity index (χ3v) is 4.10. The zero-order chi connectivity index (χ0) is 13.1. The van der Waals surface area contributed by atoms with E-state index in [1.54, 1.807) is 6.20 Å². The first-order chi connectivity index (χ1) is 9.36. The molecule has 0 aromatic carbocycles. The van der Waals surface area contributed by atoms with E-state index in [9.17, 15) is 5.26 Å². The summed E-state index contributed by atoms with van der Waals surface area (Å²) in [4.78, 5) is 12.7. The molecule has 5 heteroatoms. The molecular formula is C14H12N4S. The van der Waals surface area contributed by atoms with Crippen LogP contribution in [0.4, 0.5) is 0 Å². The van der Waals surface area contributed by atoms with Crippen LogP contribution >= 0.6 is 11.8 Å². The number of aromatic nitrogens is 3. The van der Waals surface area contributed by atoms with E-state index >= 15 is 0 Å². The van der Waals surface area contributed by atoms with Crippen LogP contribution < -0.4 is 0 Å². The molecule has 4 nitrogen and oxygen atoms in total. The van der Waals surface area contributed by atoms with Gasteiger partial charge in [-0.25, -0.2) is 15.0 Å². The van der Waals surface area contributed by atoms with Gasteiger partial charge in [0.2, 0.25) is 0 Å². The van der Waals surface area contributed by atoms with Crippen LogP contribution in [0.3, 0.4) is 0 Å². The van der Waals surface area contributed by atoms with Crippen molar-refractivity contribution in [3.63, 3.8) is 0 Å². The predicted molar refractivity (Wildman–Crippen MR) is 71.7 cm³/mol. The topological polar surface area (TPSA) is 62.5 Å². The molecule has 0 saturated carbocycles. The van der Waals surface area contributed by atoms with E-state index in [0.29, 0.717) is 5.56 Å². The fourth-order valence-electron chi connectivity index (χ4n) is 2.21. The van der Waals surface area contributed by atoms with E-state index in [4.69, 9.17) is 0 Å². The molecule has 0 bridgehead atoms. The Morgan fingerprint density at radius 3 is 2.95 bits per heavy atom. The first-order valence-corrected chi connectivity index (χ1v) is 7.05. The lowest BCUT2D eigenvalue weighted by molar-refractivity contribution is 0.660. The summed E-state index contributed by atoms with van der Waals surface area (Å²) in [6.45, 7) is 0. The molecular weight excluding hydrogens is 256 g/mol. The minimum atomic E-state index is 0.643. The third-order valence-electron chi connectivity index (χ3n) is 3.14. The van der Waals surface area contributed by atoms with Crippen LogP contribution in [0.5, 0.6) is 0 Å². The van der Waals surface area contributed by atoms with Crippen LogP contribution in [-0.2, 0) is 12.8 Å². The van der Waals surface area contributed by atoms with Gasteiger partial charge in [-0.3, -0.25) is 0 Å². The van der Waals surface area contributed by atoms with Crippen molar-refractivity contribution < 1.29 is 0 Å². The van der Waals surface area contributed by atoms with Gasteiger partial charge in [-0.15, -0.1) is 0 Å². The summed E-state index contributed by atoms with van der Waals surface area (Å²) in [5.74, 6) is 0. The van der Waals surface area contributed by atoms with Crippen molar-refractivity contribution in [2.75, 3.05) is 0 Å². The summed E-state index contributed by atoms with van der Waals surface area (Å²) in [6.07, 6.45) is 7.63. The Morgan fingerprint density at radius 2 is 2.16 bits per heavy atom. The zero-order valence-corrected chi connectivity index (χ0v) is 11.2. The maximum absolute atomic E-state index is 9.26. The summed E-state index contributed by atoms with van der Waals surface area (Å²) >= 11 is 1.43. The van der Waals surface area contributed by atoms with Gasteiger partial charge in [0.25, 0.3) is 0 Å². The maximum Gasteiger partial charge on any atom is 0.120 e. The average Bonchev–Trinajstić information content (AvgIpc) is 2.47. The highest BCUT2D eigenvalue weighted by Crippen LogP contribution is 2.30. The highest BCUT2D eigenvalue weighted by Gasteiger charge is 2.16. The number of pyridine rings is 1. The van der Waals surface area contributed by atoms with Crippen molar-refractivity contribution in [3.8, 4) is 6.07 Å². The van der Waals surface area contributed by atoms with Crippen molar-refractivity contribution in [1.82, 2.24) is 15.0 Å². The Balaban J connectivity index is 1.98. The molecule has 0 aliphatic heterocycles. The lowest BCUT2D eigenvalue weighted by Gasteiger charge is -2.16. The van der Waals surface area contributed by atoms with Gasteiger partial charge < -0.3 is 0 Å². The zero-order valence-electron chi connectivity index (χ0n) is 10.3. The summed E-state index contributed by atoms with van der Waals surface area (Å²) in [5.41, 5.74) is 3.01. The SMILES string of the molecule is N#Cc1cc2c(nc1Sc1ccncn1)CCCC2. The molecule has 2 heterocycles. The molecule has 94 valence electrons. The standard InChI is InChI=1S/C14H12N4S/c15-8-11-7-10-3-1-2-4-12(10)18-14(11)19-13-5-6-16-9-17-13/h5-7,9H,1-4H2. The molecule has 0 amide bonds. The molecule has 0 unspecified atom stereocenters. The fourth-order valence-corrected chi connectivity index (χ4v) is 3.01. The largest absolute Gasteiger partial charge is 0.245 e. The second-order valence-electron chi connectivity index (χ2n) is 4.42. The van der Waals surface area contributed by atoms with Crippen LogP contribution in [0.2, 0.25) is 0 Å². The van der Waals surface area contributed by atoms with E-state index in [1.807, 2.05) is 12.1 Å². The van der Waals surface area contributed by atoms with Gasteiger partial charge in [0.1, 0.15) is 22.4 Å². The second-order valence-corrected chi connectivity index (χ2v) is 5.42. The number of nitrogens with zero attached hydrogens (tertiary/aromatic N) is 4. The highest BCUT2D eigenvalue weighted by atomic mass is 32.2. The van der Waals surface area contributed by atoms with E-state index in [-0.39, 0.29) is 0 Å². The van der Waals surface area contributed by atoms with Gasteiger partial charge in [-0.2, -0.15) is 5.26 Å². The van der Waals surface area contributed by atoms with Crippen LogP contribution in [0, 0.1) is 11.3 Å². The Labute approximate surface area is 115 Å². The Bertz CT molecular complexity index is 634. The van der Waals surface area contributed by atoms with E-state index < -0.39 is 0 Å². The lowest BCUT2D eigenvalue weighted by atomic mass is 9.95. The van der Waals surface area contributed by atoms with Crippen molar-refractivity contribution in [3.05, 3.63) is 41.5 Å². The Morgan fingerprint density at radius 1 is 1.26 bits per heavy atom. The predicted octanol–water partition coefficient (Wildman–Crippen LogP) is 2.77. The fraction of sp³-hybridized carbons (Fsp3) is 0.286. The first-order valence-electron chi connectivity index (χ1n) is 6.23. The summed E-state index contributed by atoms with van der Waals surface area (Å²) in [5, 5.41) is 10.8. The summed E-state index contributed by atoms with van der Waals surface area (Å²) in [6, 6.07) is 6.06. The molecule has 0 saturated heterocycles. The van der Waals surface area contributed by atoms with Gasteiger partial charge in [0.15, 0.2) is 0 Å². The van der Waals surface area contributed by atoms with Crippen LogP contribution in [0.15, 0.2) is 34.7 Å². The highest BCUT2D eigenvalue weighted by molar-refractivity contribution is 7.99. The molecule has 2 aromatic heterocycles. The molecule has 0 atom stereocenters. The normalized spacial score (nSPS) is 13.6. The van der Waals surface area contributed by atoms with Crippen molar-refractivity contribution >= 4 is 11.8 Å². The number of nitriles is 1. The minimum absolute atomic E-state index is 0.643. The molecule has 19 heavy (non-hydrogen) atoms. The Kier molecular flexibility index (Phi) is 3.43. The monoisotopic (exact) mass is 268 g/mol. The summed E-state index contributed by atoms with van der Waals surface area (Å²) in [7, 11) is 0. The molecule has 0 spiro atoms.